The molecule has 1 fully saturated rings. The van der Waals surface area contributed by atoms with Gasteiger partial charge in [-0.15, -0.1) is 17.5 Å². The van der Waals surface area contributed by atoms with E-state index in [2.05, 4.69) is 15.5 Å². The van der Waals surface area contributed by atoms with Crippen LogP contribution in [0.25, 0.3) is 0 Å². The lowest BCUT2D eigenvalue weighted by molar-refractivity contribution is -0.144. The minimum Gasteiger partial charge on any atom is -0.480 e. The van der Waals surface area contributed by atoms with Crippen LogP contribution in [0.1, 0.15) is 5.69 Å². The Morgan fingerprint density at radius 2 is 2.33 bits per heavy atom. The van der Waals surface area contributed by atoms with E-state index in [-0.39, 0.29) is 12.4 Å². The fourth-order valence-corrected chi connectivity index (χ4v) is 1.92. The molecule has 0 aliphatic carbocycles. The van der Waals surface area contributed by atoms with Crippen molar-refractivity contribution in [2.24, 2.45) is 0 Å². The molecule has 1 aliphatic rings. The predicted molar refractivity (Wildman–Crippen MR) is 69.0 cm³/mol. The lowest BCUT2D eigenvalue weighted by Gasteiger charge is -2.32. The van der Waals surface area contributed by atoms with Gasteiger partial charge < -0.3 is 10.4 Å². The molecular weight excluding hydrogens is 279 g/mol. The maximum atomic E-state index is 11.1. The van der Waals surface area contributed by atoms with Crippen molar-refractivity contribution in [3.05, 3.63) is 23.0 Å². The van der Waals surface area contributed by atoms with Gasteiger partial charge in [0.1, 0.15) is 6.04 Å². The van der Waals surface area contributed by atoms with Crippen molar-refractivity contribution in [1.82, 2.24) is 20.4 Å². The summed E-state index contributed by atoms with van der Waals surface area (Å²) in [6.45, 7) is 2.39. The normalized spacial score (nSPS) is 20.2. The van der Waals surface area contributed by atoms with Gasteiger partial charge in [-0.25, -0.2) is 0 Å². The van der Waals surface area contributed by atoms with E-state index in [1.165, 1.54) is 0 Å². The molecule has 0 bridgehead atoms. The number of aliphatic carboxylic acids is 1. The van der Waals surface area contributed by atoms with Gasteiger partial charge in [-0.1, -0.05) is 11.6 Å². The van der Waals surface area contributed by atoms with Crippen LogP contribution in [0.2, 0.25) is 5.15 Å². The van der Waals surface area contributed by atoms with Crippen LogP contribution in [0.3, 0.4) is 0 Å². The van der Waals surface area contributed by atoms with E-state index in [0.29, 0.717) is 24.8 Å². The Kier molecular flexibility index (Phi) is 5.74. The molecule has 0 radical (unpaired) electrons. The first-order valence-corrected chi connectivity index (χ1v) is 5.70. The molecule has 8 heteroatoms. The molecule has 6 nitrogen and oxygen atoms in total. The number of hydrogen-bond donors (Lipinski definition) is 2. The molecule has 100 valence electrons. The number of rotatable bonds is 3. The van der Waals surface area contributed by atoms with Gasteiger partial charge in [-0.2, -0.15) is 5.10 Å². The van der Waals surface area contributed by atoms with Crippen molar-refractivity contribution < 1.29 is 9.90 Å². The molecule has 1 aromatic rings. The number of piperazine rings is 1. The smallest absolute Gasteiger partial charge is 0.322 e. The molecule has 1 unspecified atom stereocenters. The minimum atomic E-state index is -0.820. The molecule has 0 amide bonds. The zero-order valence-corrected chi connectivity index (χ0v) is 11.1. The summed E-state index contributed by atoms with van der Waals surface area (Å²) in [5.74, 6) is -0.820. The number of nitrogens with zero attached hydrogens (tertiary/aromatic N) is 3. The van der Waals surface area contributed by atoms with Crippen LogP contribution < -0.4 is 5.32 Å². The third kappa shape index (κ3) is 3.78. The number of nitrogens with one attached hydrogen (secondary N) is 1. The fourth-order valence-electron chi connectivity index (χ4n) is 1.82. The monoisotopic (exact) mass is 292 g/mol. The van der Waals surface area contributed by atoms with Gasteiger partial charge in [0.15, 0.2) is 5.15 Å². The molecule has 1 saturated heterocycles. The first-order chi connectivity index (χ1) is 8.16. The van der Waals surface area contributed by atoms with E-state index in [4.69, 9.17) is 16.7 Å². The predicted octanol–water partition coefficient (Wildman–Crippen LogP) is 0.410. The minimum absolute atomic E-state index is 0. The maximum Gasteiger partial charge on any atom is 0.322 e. The standard InChI is InChI=1S/C10H13ClN4O2.ClH/c11-9-2-1-7(13-14-9)6-15-4-3-12-5-8(15)10(16)17;/h1-2,8,12H,3-6H2,(H,16,17);1H. The molecule has 2 N–H and O–H groups in total. The Balaban J connectivity index is 0.00000162. The highest BCUT2D eigenvalue weighted by atomic mass is 35.5. The fraction of sp³-hybridized carbons (Fsp3) is 0.500. The Hall–Kier alpha value is -0.950. The van der Waals surface area contributed by atoms with Crippen molar-refractivity contribution in [2.45, 2.75) is 12.6 Å². The number of carboxylic acid groups (broad SMARTS) is 1. The van der Waals surface area contributed by atoms with Crippen LogP contribution in [-0.4, -0.2) is 51.8 Å². The Labute approximate surface area is 116 Å². The zero-order chi connectivity index (χ0) is 12.3. The number of hydrogen-bond acceptors (Lipinski definition) is 5. The summed E-state index contributed by atoms with van der Waals surface area (Å²) in [4.78, 5) is 12.9. The Morgan fingerprint density at radius 3 is 2.94 bits per heavy atom. The maximum absolute atomic E-state index is 11.1. The second-order valence-electron chi connectivity index (χ2n) is 3.88. The summed E-state index contributed by atoms with van der Waals surface area (Å²) < 4.78 is 0. The van der Waals surface area contributed by atoms with E-state index < -0.39 is 12.0 Å². The van der Waals surface area contributed by atoms with Crippen LogP contribution in [0.15, 0.2) is 12.1 Å². The van der Waals surface area contributed by atoms with Crippen molar-refractivity contribution in [2.75, 3.05) is 19.6 Å². The van der Waals surface area contributed by atoms with Crippen molar-refractivity contribution in [1.29, 1.82) is 0 Å². The summed E-state index contributed by atoms with van der Waals surface area (Å²) in [6.07, 6.45) is 0. The molecule has 0 aromatic carbocycles. The highest BCUT2D eigenvalue weighted by molar-refractivity contribution is 6.29. The number of halogens is 2. The van der Waals surface area contributed by atoms with Gasteiger partial charge in [0.25, 0.3) is 0 Å². The van der Waals surface area contributed by atoms with Crippen molar-refractivity contribution in [3.63, 3.8) is 0 Å². The molecule has 1 aliphatic heterocycles. The SMILES string of the molecule is Cl.O=C(O)C1CNCCN1Cc1ccc(Cl)nn1. The zero-order valence-electron chi connectivity index (χ0n) is 9.54. The van der Waals surface area contributed by atoms with Crippen LogP contribution in [0.4, 0.5) is 0 Å². The van der Waals surface area contributed by atoms with Crippen LogP contribution in [0.5, 0.6) is 0 Å². The van der Waals surface area contributed by atoms with Crippen molar-refractivity contribution >= 4 is 30.0 Å². The van der Waals surface area contributed by atoms with Crippen molar-refractivity contribution in [3.8, 4) is 0 Å². The molecule has 1 atom stereocenters. The quantitative estimate of drug-likeness (QED) is 0.840. The first kappa shape index (κ1) is 15.1. The lowest BCUT2D eigenvalue weighted by Crippen LogP contribution is -2.54. The van der Waals surface area contributed by atoms with E-state index >= 15 is 0 Å². The van der Waals surface area contributed by atoms with Gasteiger partial charge in [0.2, 0.25) is 0 Å². The highest BCUT2D eigenvalue weighted by Gasteiger charge is 2.28. The van der Waals surface area contributed by atoms with E-state index in [0.717, 1.165) is 12.2 Å². The molecule has 18 heavy (non-hydrogen) atoms. The van der Waals surface area contributed by atoms with Crippen LogP contribution >= 0.6 is 24.0 Å². The van der Waals surface area contributed by atoms with Gasteiger partial charge in [-0.3, -0.25) is 9.69 Å². The number of carbonyl (C=O) groups is 1. The summed E-state index contributed by atoms with van der Waals surface area (Å²) in [5, 5.41) is 20.2. The second-order valence-corrected chi connectivity index (χ2v) is 4.26. The van der Waals surface area contributed by atoms with E-state index in [1.807, 2.05) is 4.90 Å². The first-order valence-electron chi connectivity index (χ1n) is 5.32. The Morgan fingerprint density at radius 1 is 1.56 bits per heavy atom. The van der Waals surface area contributed by atoms with Crippen LogP contribution in [0, 0.1) is 0 Å². The van der Waals surface area contributed by atoms with Gasteiger partial charge in [0, 0.05) is 26.2 Å². The molecule has 2 rings (SSSR count). The topological polar surface area (TPSA) is 78.4 Å². The average Bonchev–Trinajstić information content (AvgIpc) is 2.32. The summed E-state index contributed by atoms with van der Waals surface area (Å²) >= 11 is 5.64. The summed E-state index contributed by atoms with van der Waals surface area (Å²) in [5.41, 5.74) is 0.725. The van der Waals surface area contributed by atoms with Gasteiger partial charge in [0.05, 0.1) is 5.69 Å². The number of carboxylic acids is 1. The largest absolute Gasteiger partial charge is 0.480 e. The third-order valence-electron chi connectivity index (χ3n) is 2.69. The molecule has 0 spiro atoms. The van der Waals surface area contributed by atoms with Gasteiger partial charge >= 0.3 is 5.97 Å². The molecule has 2 heterocycles. The second kappa shape index (κ2) is 6.84. The highest BCUT2D eigenvalue weighted by Crippen LogP contribution is 2.10. The third-order valence-corrected chi connectivity index (χ3v) is 2.89. The molecule has 1 aromatic heterocycles. The van der Waals surface area contributed by atoms with Gasteiger partial charge in [-0.05, 0) is 12.1 Å². The summed E-state index contributed by atoms with van der Waals surface area (Å²) in [7, 11) is 0. The molecular formula is C10H14Cl2N4O2. The number of aromatic nitrogens is 2. The summed E-state index contributed by atoms with van der Waals surface area (Å²) in [6, 6.07) is 2.90. The average molecular weight is 293 g/mol. The van der Waals surface area contributed by atoms with E-state index in [1.54, 1.807) is 12.1 Å². The Bertz CT molecular complexity index is 401. The van der Waals surface area contributed by atoms with Crippen LogP contribution in [-0.2, 0) is 11.3 Å². The lowest BCUT2D eigenvalue weighted by atomic mass is 10.2. The molecule has 0 saturated carbocycles. The van der Waals surface area contributed by atoms with E-state index in [9.17, 15) is 4.79 Å².